The van der Waals surface area contributed by atoms with Gasteiger partial charge in [0.25, 0.3) is 5.69 Å². The Morgan fingerprint density at radius 1 is 1.16 bits per heavy atom. The number of aromatic nitrogens is 2. The summed E-state index contributed by atoms with van der Waals surface area (Å²) in [5.74, 6) is 0.358. The number of thiophene rings is 1. The molecule has 1 fully saturated rings. The molecule has 0 bridgehead atoms. The Morgan fingerprint density at radius 3 is 2.71 bits per heavy atom. The lowest BCUT2D eigenvalue weighted by atomic mass is 10.1. The Kier molecular flexibility index (Phi) is 4.73. The summed E-state index contributed by atoms with van der Waals surface area (Å²) in [4.78, 5) is 18.2. The summed E-state index contributed by atoms with van der Waals surface area (Å²) in [7, 11) is -3.63. The van der Waals surface area contributed by atoms with E-state index in [1.807, 2.05) is 16.8 Å². The van der Waals surface area contributed by atoms with E-state index in [9.17, 15) is 18.5 Å². The van der Waals surface area contributed by atoms with Crippen LogP contribution in [0, 0.1) is 10.1 Å². The van der Waals surface area contributed by atoms with E-state index in [1.165, 1.54) is 23.5 Å². The summed E-state index contributed by atoms with van der Waals surface area (Å²) in [5.41, 5.74) is 3.35. The number of imidazole rings is 1. The highest BCUT2D eigenvalue weighted by molar-refractivity contribution is 7.89. The standard InChI is InChI=1S/C20H17N5O4S2/c26-25(27)14-3-6-17-19(9-14)23-20(21-17)22-18-10-15(31(28,29)24-13-1-2-13)4-5-16(18)12-7-8-30-11-12/h3-11,13,24H,1-2H2,(H2,21,22,23). The number of H-pyrrole nitrogens is 1. The van der Waals surface area contributed by atoms with Crippen molar-refractivity contribution in [3.63, 3.8) is 0 Å². The van der Waals surface area contributed by atoms with Crippen LogP contribution in [0.25, 0.3) is 22.2 Å². The van der Waals surface area contributed by atoms with E-state index in [2.05, 4.69) is 20.0 Å². The maximum absolute atomic E-state index is 12.7. The maximum Gasteiger partial charge on any atom is 0.271 e. The number of nitro benzene ring substituents is 1. The van der Waals surface area contributed by atoms with Crippen molar-refractivity contribution in [1.29, 1.82) is 0 Å². The number of aromatic amines is 1. The largest absolute Gasteiger partial charge is 0.325 e. The number of fused-ring (bicyclic) bond motifs is 1. The highest BCUT2D eigenvalue weighted by atomic mass is 32.2. The molecule has 158 valence electrons. The first kappa shape index (κ1) is 19.7. The molecular formula is C20H17N5O4S2. The number of hydrogen-bond donors (Lipinski definition) is 3. The van der Waals surface area contributed by atoms with Crippen LogP contribution in [0.2, 0.25) is 0 Å². The van der Waals surface area contributed by atoms with Crippen LogP contribution in [0.15, 0.2) is 58.1 Å². The van der Waals surface area contributed by atoms with Gasteiger partial charge in [-0.2, -0.15) is 11.3 Å². The van der Waals surface area contributed by atoms with Crippen LogP contribution in [-0.4, -0.2) is 29.4 Å². The van der Waals surface area contributed by atoms with Crippen molar-refractivity contribution < 1.29 is 13.3 Å². The van der Waals surface area contributed by atoms with Gasteiger partial charge in [-0.3, -0.25) is 10.1 Å². The first-order chi connectivity index (χ1) is 14.9. The fourth-order valence-electron chi connectivity index (χ4n) is 3.25. The molecule has 0 aliphatic heterocycles. The molecule has 1 aliphatic rings. The van der Waals surface area contributed by atoms with E-state index in [0.717, 1.165) is 24.0 Å². The normalized spacial score (nSPS) is 14.1. The predicted octanol–water partition coefficient (Wildman–Crippen LogP) is 4.38. The number of non-ortho nitro benzene ring substituents is 1. The average molecular weight is 456 g/mol. The van der Waals surface area contributed by atoms with Gasteiger partial charge >= 0.3 is 0 Å². The Balaban J connectivity index is 1.55. The molecule has 0 saturated heterocycles. The number of sulfonamides is 1. The molecule has 5 rings (SSSR count). The number of nitrogens with zero attached hydrogens (tertiary/aromatic N) is 2. The zero-order valence-corrected chi connectivity index (χ0v) is 17.7. The molecule has 3 N–H and O–H groups in total. The van der Waals surface area contributed by atoms with Gasteiger partial charge in [0.1, 0.15) is 0 Å². The number of anilines is 2. The minimum Gasteiger partial charge on any atom is -0.325 e. The fraction of sp³-hybridized carbons (Fsp3) is 0.150. The molecular weight excluding hydrogens is 438 g/mol. The van der Waals surface area contributed by atoms with Gasteiger partial charge in [-0.05, 0) is 53.4 Å². The van der Waals surface area contributed by atoms with Crippen molar-refractivity contribution in [3.05, 3.63) is 63.3 Å². The number of benzene rings is 2. The van der Waals surface area contributed by atoms with Crippen molar-refractivity contribution in [2.24, 2.45) is 0 Å². The lowest BCUT2D eigenvalue weighted by molar-refractivity contribution is -0.384. The molecule has 0 radical (unpaired) electrons. The zero-order chi connectivity index (χ0) is 21.6. The van der Waals surface area contributed by atoms with Crippen molar-refractivity contribution in [2.75, 3.05) is 5.32 Å². The van der Waals surface area contributed by atoms with Crippen LogP contribution in [-0.2, 0) is 10.0 Å². The van der Waals surface area contributed by atoms with E-state index in [4.69, 9.17) is 0 Å². The Labute approximate surface area is 181 Å². The number of rotatable bonds is 7. The molecule has 31 heavy (non-hydrogen) atoms. The maximum atomic E-state index is 12.7. The van der Waals surface area contributed by atoms with Crippen LogP contribution in [0.3, 0.4) is 0 Å². The summed E-state index contributed by atoms with van der Waals surface area (Å²) in [6.45, 7) is 0. The van der Waals surface area contributed by atoms with Crippen LogP contribution in [0.5, 0.6) is 0 Å². The van der Waals surface area contributed by atoms with Gasteiger partial charge in [0.05, 0.1) is 26.5 Å². The molecule has 1 saturated carbocycles. The second-order valence-corrected chi connectivity index (χ2v) is 9.78. The summed E-state index contributed by atoms with van der Waals surface area (Å²) in [6.07, 6.45) is 1.70. The minimum atomic E-state index is -3.63. The van der Waals surface area contributed by atoms with Gasteiger partial charge in [-0.25, -0.2) is 18.1 Å². The monoisotopic (exact) mass is 455 g/mol. The lowest BCUT2D eigenvalue weighted by Crippen LogP contribution is -2.25. The van der Waals surface area contributed by atoms with Crippen molar-refractivity contribution in [3.8, 4) is 11.1 Å². The highest BCUT2D eigenvalue weighted by Gasteiger charge is 2.28. The van der Waals surface area contributed by atoms with Crippen LogP contribution < -0.4 is 10.0 Å². The lowest BCUT2D eigenvalue weighted by Gasteiger charge is -2.13. The molecule has 0 atom stereocenters. The minimum absolute atomic E-state index is 0.00382. The molecule has 2 heterocycles. The molecule has 9 nitrogen and oxygen atoms in total. The topological polar surface area (TPSA) is 130 Å². The highest BCUT2D eigenvalue weighted by Crippen LogP contribution is 2.34. The zero-order valence-electron chi connectivity index (χ0n) is 16.0. The van der Waals surface area contributed by atoms with Crippen molar-refractivity contribution in [2.45, 2.75) is 23.8 Å². The van der Waals surface area contributed by atoms with Crippen molar-refractivity contribution >= 4 is 49.7 Å². The third-order valence-electron chi connectivity index (χ3n) is 4.96. The van der Waals surface area contributed by atoms with Gasteiger partial charge in [-0.15, -0.1) is 0 Å². The first-order valence-corrected chi connectivity index (χ1v) is 11.9. The molecule has 11 heteroatoms. The molecule has 0 unspecified atom stereocenters. The average Bonchev–Trinajstić information content (AvgIpc) is 3.22. The SMILES string of the molecule is O=[N+]([O-])c1ccc2nc(Nc3cc(S(=O)(=O)NC4CC4)ccc3-c3ccsc3)[nH]c2c1. The molecule has 1 aliphatic carbocycles. The summed E-state index contributed by atoms with van der Waals surface area (Å²) in [6, 6.07) is 11.2. The summed E-state index contributed by atoms with van der Waals surface area (Å²) >= 11 is 1.54. The Hall–Kier alpha value is -3.28. The van der Waals surface area contributed by atoms with E-state index in [1.54, 1.807) is 24.3 Å². The Morgan fingerprint density at radius 2 is 2.00 bits per heavy atom. The summed E-state index contributed by atoms with van der Waals surface area (Å²) in [5, 5.41) is 18.1. The van der Waals surface area contributed by atoms with Gasteiger partial charge < -0.3 is 10.3 Å². The number of nitrogens with one attached hydrogen (secondary N) is 3. The van der Waals surface area contributed by atoms with E-state index < -0.39 is 14.9 Å². The van der Waals surface area contributed by atoms with Gasteiger partial charge in [0, 0.05) is 23.7 Å². The number of hydrogen-bond acceptors (Lipinski definition) is 7. The van der Waals surface area contributed by atoms with Crippen molar-refractivity contribution in [1.82, 2.24) is 14.7 Å². The van der Waals surface area contributed by atoms with E-state index >= 15 is 0 Å². The predicted molar refractivity (Wildman–Crippen MR) is 119 cm³/mol. The molecule has 2 aromatic carbocycles. The van der Waals surface area contributed by atoms with Gasteiger partial charge in [0.15, 0.2) is 0 Å². The molecule has 4 aromatic rings. The Bertz CT molecular complexity index is 1390. The van der Waals surface area contributed by atoms with Crippen LogP contribution in [0.4, 0.5) is 17.3 Å². The third-order valence-corrected chi connectivity index (χ3v) is 7.16. The van der Waals surface area contributed by atoms with Crippen LogP contribution >= 0.6 is 11.3 Å². The fourth-order valence-corrected chi connectivity index (χ4v) is 5.24. The third kappa shape index (κ3) is 4.02. The smallest absolute Gasteiger partial charge is 0.271 e. The molecule has 2 aromatic heterocycles. The second kappa shape index (κ2) is 7.45. The van der Waals surface area contributed by atoms with Crippen LogP contribution in [0.1, 0.15) is 12.8 Å². The quantitative estimate of drug-likeness (QED) is 0.280. The first-order valence-electron chi connectivity index (χ1n) is 9.49. The molecule has 0 spiro atoms. The van der Waals surface area contributed by atoms with E-state index in [0.29, 0.717) is 22.7 Å². The summed E-state index contributed by atoms with van der Waals surface area (Å²) < 4.78 is 28.1. The van der Waals surface area contributed by atoms with Gasteiger partial charge in [-0.1, -0.05) is 6.07 Å². The second-order valence-electron chi connectivity index (χ2n) is 7.28. The van der Waals surface area contributed by atoms with Gasteiger partial charge in [0.2, 0.25) is 16.0 Å². The van der Waals surface area contributed by atoms with E-state index in [-0.39, 0.29) is 16.6 Å². The molecule has 0 amide bonds. The number of nitro groups is 1.